The number of carbonyl (C=O) groups is 2. The van der Waals surface area contributed by atoms with E-state index in [0.717, 1.165) is 5.56 Å². The molecule has 2 rings (SSSR count). The summed E-state index contributed by atoms with van der Waals surface area (Å²) in [7, 11) is 0. The second kappa shape index (κ2) is 9.42. The number of alkyl halides is 1. The molecule has 0 unspecified atom stereocenters. The molecule has 0 spiro atoms. The van der Waals surface area contributed by atoms with Gasteiger partial charge in [-0.2, -0.15) is 0 Å². The van der Waals surface area contributed by atoms with E-state index in [2.05, 4.69) is 16.2 Å². The second-order valence-electron chi connectivity index (χ2n) is 4.82. The molecule has 2 aromatic carbocycles. The van der Waals surface area contributed by atoms with Crippen LogP contribution in [0.5, 0.6) is 5.75 Å². The summed E-state index contributed by atoms with van der Waals surface area (Å²) in [5, 5.41) is 2.46. The molecule has 3 amide bonds. The molecule has 0 aliphatic heterocycles. The summed E-state index contributed by atoms with van der Waals surface area (Å²) in [6, 6.07) is 15.9. The van der Waals surface area contributed by atoms with Gasteiger partial charge in [-0.05, 0) is 29.8 Å². The topological polar surface area (TPSA) is 79.5 Å². The molecule has 0 aliphatic carbocycles. The van der Waals surface area contributed by atoms with Crippen molar-refractivity contribution in [2.24, 2.45) is 0 Å². The molecule has 3 N–H and O–H groups in total. The van der Waals surface area contributed by atoms with Crippen molar-refractivity contribution in [2.45, 2.75) is 6.61 Å². The second-order valence-corrected chi connectivity index (χ2v) is 5.20. The van der Waals surface area contributed by atoms with Gasteiger partial charge in [-0.15, -0.1) is 11.6 Å². The Labute approximate surface area is 145 Å². The van der Waals surface area contributed by atoms with E-state index in [9.17, 15) is 9.59 Å². The van der Waals surface area contributed by atoms with E-state index in [1.165, 1.54) is 0 Å². The van der Waals surface area contributed by atoms with Crippen molar-refractivity contribution >= 4 is 23.5 Å². The first-order valence-electron chi connectivity index (χ1n) is 7.36. The van der Waals surface area contributed by atoms with Crippen LogP contribution in [0.25, 0.3) is 0 Å². The minimum Gasteiger partial charge on any atom is -0.489 e. The summed E-state index contributed by atoms with van der Waals surface area (Å²) < 4.78 is 5.65. The fourth-order valence-corrected chi connectivity index (χ4v) is 1.93. The third-order valence-corrected chi connectivity index (χ3v) is 3.22. The van der Waals surface area contributed by atoms with E-state index in [0.29, 0.717) is 30.3 Å². The number of benzene rings is 2. The molecule has 126 valence electrons. The first-order valence-corrected chi connectivity index (χ1v) is 7.89. The number of nitrogens with one attached hydrogen (secondary N) is 3. The molecular formula is C17H18ClN3O3. The van der Waals surface area contributed by atoms with Gasteiger partial charge in [-0.3, -0.25) is 10.2 Å². The van der Waals surface area contributed by atoms with Gasteiger partial charge in [0.25, 0.3) is 5.91 Å². The highest BCUT2D eigenvalue weighted by molar-refractivity contribution is 6.18. The molecule has 0 fully saturated rings. The molecular weight excluding hydrogens is 330 g/mol. The highest BCUT2D eigenvalue weighted by atomic mass is 35.5. The number of halogens is 1. The lowest BCUT2D eigenvalue weighted by atomic mass is 10.2. The Morgan fingerprint density at radius 3 is 2.33 bits per heavy atom. The molecule has 0 aliphatic rings. The quantitative estimate of drug-likeness (QED) is 0.554. The standard InChI is InChI=1S/C17H18ClN3O3/c18-10-11-19-17(23)21-20-16(22)14-6-8-15(9-7-14)24-12-13-4-2-1-3-5-13/h1-9H,10-12H2,(H,20,22)(H2,19,21,23). The highest BCUT2D eigenvalue weighted by Gasteiger charge is 2.07. The molecule has 6 nitrogen and oxygen atoms in total. The summed E-state index contributed by atoms with van der Waals surface area (Å²) in [5.41, 5.74) is 6.00. The Bertz CT molecular complexity index is 663. The van der Waals surface area contributed by atoms with Crippen molar-refractivity contribution in [1.82, 2.24) is 16.2 Å². The van der Waals surface area contributed by atoms with Gasteiger partial charge in [0.15, 0.2) is 0 Å². The van der Waals surface area contributed by atoms with E-state index in [4.69, 9.17) is 16.3 Å². The van der Waals surface area contributed by atoms with Crippen LogP contribution in [0.2, 0.25) is 0 Å². The van der Waals surface area contributed by atoms with Gasteiger partial charge in [-0.1, -0.05) is 30.3 Å². The van der Waals surface area contributed by atoms with Crippen LogP contribution >= 0.6 is 11.6 Å². The Kier molecular flexibility index (Phi) is 6.91. The van der Waals surface area contributed by atoms with Gasteiger partial charge >= 0.3 is 6.03 Å². The number of ether oxygens (including phenoxy) is 1. The van der Waals surface area contributed by atoms with Crippen molar-refractivity contribution in [3.8, 4) is 5.75 Å². The Balaban J connectivity index is 1.80. The number of hydrazine groups is 1. The number of urea groups is 1. The SMILES string of the molecule is O=C(NCCCl)NNC(=O)c1ccc(OCc2ccccc2)cc1. The van der Waals surface area contributed by atoms with Gasteiger partial charge < -0.3 is 10.1 Å². The van der Waals surface area contributed by atoms with Crippen LogP contribution < -0.4 is 20.9 Å². The predicted octanol–water partition coefficient (Wildman–Crippen LogP) is 2.45. The van der Waals surface area contributed by atoms with E-state index in [1.807, 2.05) is 30.3 Å². The van der Waals surface area contributed by atoms with E-state index in [-0.39, 0.29) is 0 Å². The van der Waals surface area contributed by atoms with Gasteiger partial charge in [-0.25, -0.2) is 10.2 Å². The molecule has 0 heterocycles. The fraction of sp³-hybridized carbons (Fsp3) is 0.176. The largest absolute Gasteiger partial charge is 0.489 e. The smallest absolute Gasteiger partial charge is 0.333 e. The van der Waals surface area contributed by atoms with Crippen molar-refractivity contribution in [3.05, 3.63) is 65.7 Å². The van der Waals surface area contributed by atoms with Crippen LogP contribution in [0.4, 0.5) is 4.79 Å². The fourth-order valence-electron chi connectivity index (χ4n) is 1.83. The minimum atomic E-state index is -0.521. The Morgan fingerprint density at radius 2 is 1.67 bits per heavy atom. The van der Waals surface area contributed by atoms with E-state index < -0.39 is 11.9 Å². The molecule has 7 heteroatoms. The maximum atomic E-state index is 11.9. The third kappa shape index (κ3) is 5.81. The van der Waals surface area contributed by atoms with Gasteiger partial charge in [0.1, 0.15) is 12.4 Å². The van der Waals surface area contributed by atoms with E-state index >= 15 is 0 Å². The van der Waals surface area contributed by atoms with Crippen molar-refractivity contribution in [2.75, 3.05) is 12.4 Å². The third-order valence-electron chi connectivity index (χ3n) is 3.03. The molecule has 0 bridgehead atoms. The predicted molar refractivity (Wildman–Crippen MR) is 91.9 cm³/mol. The number of amides is 3. The molecule has 0 atom stereocenters. The molecule has 0 radical (unpaired) electrons. The first-order chi connectivity index (χ1) is 11.7. The normalized spacial score (nSPS) is 9.88. The Morgan fingerprint density at radius 1 is 0.958 bits per heavy atom. The molecule has 0 aromatic heterocycles. The highest BCUT2D eigenvalue weighted by Crippen LogP contribution is 2.14. The van der Waals surface area contributed by atoms with E-state index in [1.54, 1.807) is 24.3 Å². The van der Waals surface area contributed by atoms with Gasteiger partial charge in [0.2, 0.25) is 0 Å². The van der Waals surface area contributed by atoms with Crippen molar-refractivity contribution in [3.63, 3.8) is 0 Å². The van der Waals surface area contributed by atoms with Gasteiger partial charge in [0.05, 0.1) is 0 Å². The first kappa shape index (κ1) is 17.6. The Hall–Kier alpha value is -2.73. The molecule has 2 aromatic rings. The summed E-state index contributed by atoms with van der Waals surface area (Å²) in [4.78, 5) is 23.2. The maximum absolute atomic E-state index is 11.9. The van der Waals surface area contributed by atoms with Crippen LogP contribution in [-0.4, -0.2) is 24.4 Å². The van der Waals surface area contributed by atoms with Crippen LogP contribution in [0, 0.1) is 0 Å². The number of hydrogen-bond acceptors (Lipinski definition) is 3. The zero-order chi connectivity index (χ0) is 17.2. The average Bonchev–Trinajstić information content (AvgIpc) is 2.64. The zero-order valence-electron chi connectivity index (χ0n) is 12.9. The molecule has 0 saturated heterocycles. The number of carbonyl (C=O) groups excluding carboxylic acids is 2. The molecule has 0 saturated carbocycles. The van der Waals surface area contributed by atoms with Crippen LogP contribution in [-0.2, 0) is 6.61 Å². The lowest BCUT2D eigenvalue weighted by Gasteiger charge is -2.09. The monoisotopic (exact) mass is 347 g/mol. The summed E-state index contributed by atoms with van der Waals surface area (Å²) in [6.07, 6.45) is 0. The van der Waals surface area contributed by atoms with Gasteiger partial charge in [0, 0.05) is 18.0 Å². The summed E-state index contributed by atoms with van der Waals surface area (Å²) in [5.74, 6) is 0.528. The van der Waals surface area contributed by atoms with Crippen molar-refractivity contribution in [1.29, 1.82) is 0 Å². The van der Waals surface area contributed by atoms with Crippen LogP contribution in [0.3, 0.4) is 0 Å². The minimum absolute atomic E-state index is 0.297. The lowest BCUT2D eigenvalue weighted by Crippen LogP contribution is -2.47. The number of rotatable bonds is 6. The summed E-state index contributed by atoms with van der Waals surface area (Å²) >= 11 is 5.44. The molecule has 24 heavy (non-hydrogen) atoms. The lowest BCUT2D eigenvalue weighted by molar-refractivity contribution is 0.0936. The number of hydrogen-bond donors (Lipinski definition) is 3. The van der Waals surface area contributed by atoms with Crippen LogP contribution in [0.1, 0.15) is 15.9 Å². The van der Waals surface area contributed by atoms with Crippen molar-refractivity contribution < 1.29 is 14.3 Å². The maximum Gasteiger partial charge on any atom is 0.333 e. The zero-order valence-corrected chi connectivity index (χ0v) is 13.7. The average molecular weight is 348 g/mol. The van der Waals surface area contributed by atoms with Crippen LogP contribution in [0.15, 0.2) is 54.6 Å². The summed E-state index contributed by atoms with van der Waals surface area (Å²) in [6.45, 7) is 0.769.